The van der Waals surface area contributed by atoms with E-state index in [-0.39, 0.29) is 11.8 Å². The number of carbonyl (C=O) groups is 2. The minimum absolute atomic E-state index is 0.0595. The van der Waals surface area contributed by atoms with Gasteiger partial charge in [-0.3, -0.25) is 14.6 Å². The summed E-state index contributed by atoms with van der Waals surface area (Å²) in [6.45, 7) is 2.82. The van der Waals surface area contributed by atoms with E-state index < -0.39 is 5.97 Å². The number of aliphatic carboxylic acids is 1. The zero-order valence-corrected chi connectivity index (χ0v) is 13.7. The number of likely N-dealkylation sites (tertiary alicyclic amines) is 1. The van der Waals surface area contributed by atoms with Crippen LogP contribution in [0.5, 0.6) is 0 Å². The highest BCUT2D eigenvalue weighted by Crippen LogP contribution is 2.23. The van der Waals surface area contributed by atoms with Gasteiger partial charge in [0.05, 0.1) is 22.9 Å². The molecular weight excluding hydrogens is 312 g/mol. The summed E-state index contributed by atoms with van der Waals surface area (Å²) in [6.07, 6.45) is 1.03. The second kappa shape index (κ2) is 6.50. The Balaban J connectivity index is 1.74. The molecular formula is C17H18N2O3S. The zero-order valence-electron chi connectivity index (χ0n) is 12.9. The number of rotatable bonds is 3. The molecule has 0 spiro atoms. The van der Waals surface area contributed by atoms with Crippen LogP contribution in [0.2, 0.25) is 0 Å². The molecule has 6 heteroatoms. The lowest BCUT2D eigenvalue weighted by atomic mass is 9.96. The van der Waals surface area contributed by atoms with Gasteiger partial charge in [0.15, 0.2) is 0 Å². The molecule has 1 aliphatic rings. The summed E-state index contributed by atoms with van der Waals surface area (Å²) < 4.78 is 0. The highest BCUT2D eigenvalue weighted by Gasteiger charge is 2.28. The molecule has 5 nitrogen and oxygen atoms in total. The quantitative estimate of drug-likeness (QED) is 0.939. The lowest BCUT2D eigenvalue weighted by Gasteiger charge is -2.30. The minimum Gasteiger partial charge on any atom is -0.481 e. The predicted octanol–water partition coefficient (Wildman–Crippen LogP) is 3.06. The maximum absolute atomic E-state index is 12.6. The summed E-state index contributed by atoms with van der Waals surface area (Å²) in [4.78, 5) is 29.9. The number of thiophene rings is 1. The number of amides is 1. The number of aryl methyl sites for hydroxylation is 1. The first-order chi connectivity index (χ1) is 11.1. The van der Waals surface area contributed by atoms with Gasteiger partial charge in [0, 0.05) is 24.0 Å². The number of piperidine rings is 1. The second-order valence-electron chi connectivity index (χ2n) is 5.75. The van der Waals surface area contributed by atoms with Gasteiger partial charge in [-0.1, -0.05) is 0 Å². The van der Waals surface area contributed by atoms with Crippen molar-refractivity contribution in [2.75, 3.05) is 13.1 Å². The van der Waals surface area contributed by atoms with Gasteiger partial charge in [0.2, 0.25) is 0 Å². The van der Waals surface area contributed by atoms with Crippen LogP contribution >= 0.6 is 11.3 Å². The van der Waals surface area contributed by atoms with Gasteiger partial charge in [-0.15, -0.1) is 0 Å². The van der Waals surface area contributed by atoms with Gasteiger partial charge in [-0.05, 0) is 43.3 Å². The Morgan fingerprint density at radius 1 is 1.26 bits per heavy atom. The fraction of sp³-hybridized carbons (Fsp3) is 0.353. The summed E-state index contributed by atoms with van der Waals surface area (Å²) in [5.41, 5.74) is 3.22. The minimum atomic E-state index is -0.768. The van der Waals surface area contributed by atoms with E-state index in [1.54, 1.807) is 16.2 Å². The van der Waals surface area contributed by atoms with Crippen LogP contribution in [-0.2, 0) is 4.79 Å². The zero-order chi connectivity index (χ0) is 16.4. The topological polar surface area (TPSA) is 70.5 Å². The predicted molar refractivity (Wildman–Crippen MR) is 88.6 cm³/mol. The summed E-state index contributed by atoms with van der Waals surface area (Å²) in [7, 11) is 0. The molecule has 2 aromatic rings. The fourth-order valence-electron chi connectivity index (χ4n) is 2.86. The van der Waals surface area contributed by atoms with E-state index in [1.165, 1.54) is 0 Å². The van der Waals surface area contributed by atoms with E-state index in [9.17, 15) is 9.59 Å². The second-order valence-corrected chi connectivity index (χ2v) is 6.53. The van der Waals surface area contributed by atoms with E-state index in [0.717, 1.165) is 11.3 Å². The van der Waals surface area contributed by atoms with Crippen molar-refractivity contribution in [1.82, 2.24) is 9.88 Å². The van der Waals surface area contributed by atoms with Crippen LogP contribution in [0.15, 0.2) is 29.0 Å². The van der Waals surface area contributed by atoms with E-state index >= 15 is 0 Å². The van der Waals surface area contributed by atoms with E-state index in [2.05, 4.69) is 4.98 Å². The van der Waals surface area contributed by atoms with Gasteiger partial charge in [0.25, 0.3) is 5.91 Å². The molecule has 0 saturated carbocycles. The number of hydrogen-bond acceptors (Lipinski definition) is 4. The molecule has 0 atom stereocenters. The van der Waals surface area contributed by atoms with E-state index in [4.69, 9.17) is 5.11 Å². The standard InChI is InChI=1S/C17H18N2O3S/c1-11-14(2-3-15(18-11)13-6-9-23-10-13)16(20)19-7-4-12(5-8-19)17(21)22/h2-3,6,9-10,12H,4-5,7-8H2,1H3,(H,21,22). The number of carboxylic acids is 1. The first kappa shape index (κ1) is 15.7. The average molecular weight is 330 g/mol. The fourth-order valence-corrected chi connectivity index (χ4v) is 3.51. The van der Waals surface area contributed by atoms with E-state index in [1.807, 2.05) is 35.9 Å². The van der Waals surface area contributed by atoms with Crippen molar-refractivity contribution < 1.29 is 14.7 Å². The Morgan fingerprint density at radius 2 is 2.00 bits per heavy atom. The molecule has 3 heterocycles. The van der Waals surface area contributed by atoms with Crippen LogP contribution in [0.4, 0.5) is 0 Å². The Hall–Kier alpha value is -2.21. The first-order valence-corrected chi connectivity index (χ1v) is 8.53. The summed E-state index contributed by atoms with van der Waals surface area (Å²) in [5, 5.41) is 13.1. The number of carbonyl (C=O) groups excluding carboxylic acids is 1. The highest BCUT2D eigenvalue weighted by molar-refractivity contribution is 7.08. The average Bonchev–Trinajstić information content (AvgIpc) is 3.08. The third-order valence-corrected chi connectivity index (χ3v) is 4.95. The molecule has 1 N–H and O–H groups in total. The van der Waals surface area contributed by atoms with Crippen molar-refractivity contribution in [3.05, 3.63) is 40.2 Å². The molecule has 1 fully saturated rings. The third-order valence-electron chi connectivity index (χ3n) is 4.26. The molecule has 0 aliphatic carbocycles. The van der Waals surface area contributed by atoms with Gasteiger partial charge < -0.3 is 10.0 Å². The summed E-state index contributed by atoms with van der Waals surface area (Å²) >= 11 is 1.61. The lowest BCUT2D eigenvalue weighted by Crippen LogP contribution is -2.40. The largest absolute Gasteiger partial charge is 0.481 e. The SMILES string of the molecule is Cc1nc(-c2ccsc2)ccc1C(=O)N1CCC(C(=O)O)CC1. The molecule has 2 aromatic heterocycles. The number of carboxylic acid groups (broad SMARTS) is 1. The van der Waals surface area contributed by atoms with Crippen LogP contribution in [0, 0.1) is 12.8 Å². The van der Waals surface area contributed by atoms with Crippen molar-refractivity contribution in [3.63, 3.8) is 0 Å². The van der Waals surface area contributed by atoms with Crippen LogP contribution in [0.1, 0.15) is 28.9 Å². The molecule has 1 saturated heterocycles. The molecule has 0 radical (unpaired) electrons. The maximum atomic E-state index is 12.6. The van der Waals surface area contributed by atoms with Gasteiger partial charge in [0.1, 0.15) is 0 Å². The Labute approximate surface area is 138 Å². The molecule has 0 aromatic carbocycles. The van der Waals surface area contributed by atoms with E-state index in [0.29, 0.717) is 37.2 Å². The molecule has 0 bridgehead atoms. The maximum Gasteiger partial charge on any atom is 0.306 e. The van der Waals surface area contributed by atoms with Crippen molar-refractivity contribution >= 4 is 23.2 Å². The van der Waals surface area contributed by atoms with Crippen molar-refractivity contribution in [2.24, 2.45) is 5.92 Å². The van der Waals surface area contributed by atoms with Crippen molar-refractivity contribution in [3.8, 4) is 11.3 Å². The van der Waals surface area contributed by atoms with Crippen LogP contribution in [0.25, 0.3) is 11.3 Å². The number of aromatic nitrogens is 1. The number of pyridine rings is 1. The highest BCUT2D eigenvalue weighted by atomic mass is 32.1. The molecule has 120 valence electrons. The third kappa shape index (κ3) is 3.27. The van der Waals surface area contributed by atoms with Gasteiger partial charge in [-0.2, -0.15) is 11.3 Å². The molecule has 23 heavy (non-hydrogen) atoms. The molecule has 1 amide bonds. The van der Waals surface area contributed by atoms with Crippen molar-refractivity contribution in [2.45, 2.75) is 19.8 Å². The van der Waals surface area contributed by atoms with Crippen LogP contribution in [-0.4, -0.2) is 40.0 Å². The van der Waals surface area contributed by atoms with Gasteiger partial charge >= 0.3 is 5.97 Å². The smallest absolute Gasteiger partial charge is 0.306 e. The number of nitrogens with zero attached hydrogens (tertiary/aromatic N) is 2. The molecule has 3 rings (SSSR count). The summed E-state index contributed by atoms with van der Waals surface area (Å²) in [6, 6.07) is 5.69. The van der Waals surface area contributed by atoms with Crippen molar-refractivity contribution in [1.29, 1.82) is 0 Å². The van der Waals surface area contributed by atoms with Gasteiger partial charge in [-0.25, -0.2) is 0 Å². The monoisotopic (exact) mass is 330 g/mol. The van der Waals surface area contributed by atoms with Crippen LogP contribution < -0.4 is 0 Å². The number of hydrogen-bond donors (Lipinski definition) is 1. The molecule has 0 unspecified atom stereocenters. The first-order valence-electron chi connectivity index (χ1n) is 7.58. The molecule has 1 aliphatic heterocycles. The Kier molecular flexibility index (Phi) is 4.43. The normalized spacial score (nSPS) is 15.6. The summed E-state index contributed by atoms with van der Waals surface area (Å²) in [5.74, 6) is -1.16. The van der Waals surface area contributed by atoms with Crippen LogP contribution in [0.3, 0.4) is 0 Å². The Bertz CT molecular complexity index is 719. The Morgan fingerprint density at radius 3 is 2.57 bits per heavy atom. The lowest BCUT2D eigenvalue weighted by molar-refractivity contribution is -0.143.